The van der Waals surface area contributed by atoms with Gasteiger partial charge in [0.2, 0.25) is 11.1 Å². The van der Waals surface area contributed by atoms with Crippen LogP contribution in [0.2, 0.25) is 5.22 Å². The Labute approximate surface area is 116 Å². The van der Waals surface area contributed by atoms with Gasteiger partial charge in [0.1, 0.15) is 0 Å². The van der Waals surface area contributed by atoms with Gasteiger partial charge in [-0.05, 0) is 30.5 Å². The fourth-order valence-corrected chi connectivity index (χ4v) is 2.53. The van der Waals surface area contributed by atoms with E-state index >= 15 is 0 Å². The normalized spacial score (nSPS) is 19.6. The SMILES string of the molecule is O=C(c1ccoc1Cl)N1CCN(C(=O)C2CC2)CC1. The quantitative estimate of drug-likeness (QED) is 0.828. The second-order valence-corrected chi connectivity index (χ2v) is 5.34. The van der Waals surface area contributed by atoms with Gasteiger partial charge in [-0.25, -0.2) is 0 Å². The van der Waals surface area contributed by atoms with Crippen LogP contribution < -0.4 is 0 Å². The molecule has 6 heteroatoms. The molecule has 19 heavy (non-hydrogen) atoms. The minimum Gasteiger partial charge on any atom is -0.452 e. The van der Waals surface area contributed by atoms with E-state index in [1.165, 1.54) is 6.26 Å². The van der Waals surface area contributed by atoms with E-state index in [1.54, 1.807) is 11.0 Å². The molecule has 3 rings (SSSR count). The highest BCUT2D eigenvalue weighted by Gasteiger charge is 2.35. The average Bonchev–Trinajstić information content (AvgIpc) is 3.20. The Bertz CT molecular complexity index is 502. The number of nitrogens with zero attached hydrogens (tertiary/aromatic N) is 2. The van der Waals surface area contributed by atoms with Crippen LogP contribution >= 0.6 is 11.6 Å². The molecule has 0 aromatic carbocycles. The molecule has 0 N–H and O–H groups in total. The largest absolute Gasteiger partial charge is 0.452 e. The van der Waals surface area contributed by atoms with E-state index in [9.17, 15) is 9.59 Å². The number of amides is 2. The Morgan fingerprint density at radius 1 is 1.16 bits per heavy atom. The van der Waals surface area contributed by atoms with Crippen molar-refractivity contribution in [1.29, 1.82) is 0 Å². The summed E-state index contributed by atoms with van der Waals surface area (Å²) in [6.45, 7) is 2.32. The van der Waals surface area contributed by atoms with Crippen LogP contribution in [0.4, 0.5) is 0 Å². The van der Waals surface area contributed by atoms with Gasteiger partial charge in [0.15, 0.2) is 0 Å². The Morgan fingerprint density at radius 3 is 2.32 bits per heavy atom. The van der Waals surface area contributed by atoms with Crippen molar-refractivity contribution in [1.82, 2.24) is 9.80 Å². The third-order valence-electron chi connectivity index (χ3n) is 3.65. The highest BCUT2D eigenvalue weighted by atomic mass is 35.5. The fourth-order valence-electron chi connectivity index (χ4n) is 2.33. The molecule has 1 aromatic heterocycles. The molecule has 0 spiro atoms. The number of carbonyl (C=O) groups is 2. The van der Waals surface area contributed by atoms with Crippen molar-refractivity contribution in [2.75, 3.05) is 26.2 Å². The second-order valence-electron chi connectivity index (χ2n) is 5.00. The summed E-state index contributed by atoms with van der Waals surface area (Å²) in [6.07, 6.45) is 3.44. The van der Waals surface area contributed by atoms with Gasteiger partial charge >= 0.3 is 0 Å². The first-order chi connectivity index (χ1) is 9.16. The zero-order valence-corrected chi connectivity index (χ0v) is 11.2. The van der Waals surface area contributed by atoms with Crippen LogP contribution in [0.5, 0.6) is 0 Å². The maximum absolute atomic E-state index is 12.2. The molecule has 2 heterocycles. The van der Waals surface area contributed by atoms with Crippen LogP contribution in [0.15, 0.2) is 16.7 Å². The van der Waals surface area contributed by atoms with Gasteiger partial charge in [0.25, 0.3) is 5.91 Å². The molecule has 2 fully saturated rings. The van der Waals surface area contributed by atoms with E-state index < -0.39 is 0 Å². The summed E-state index contributed by atoms with van der Waals surface area (Å²) in [6, 6.07) is 1.58. The van der Waals surface area contributed by atoms with Crippen molar-refractivity contribution in [3.63, 3.8) is 0 Å². The predicted molar refractivity (Wildman–Crippen MR) is 68.9 cm³/mol. The van der Waals surface area contributed by atoms with Crippen LogP contribution in [0.25, 0.3) is 0 Å². The number of carbonyl (C=O) groups excluding carboxylic acids is 2. The minimum atomic E-state index is -0.128. The molecule has 102 valence electrons. The van der Waals surface area contributed by atoms with Gasteiger partial charge in [0.05, 0.1) is 11.8 Å². The van der Waals surface area contributed by atoms with E-state index in [0.717, 1.165) is 12.8 Å². The van der Waals surface area contributed by atoms with E-state index in [4.69, 9.17) is 16.0 Å². The number of halogens is 1. The highest BCUT2D eigenvalue weighted by molar-refractivity contribution is 6.32. The van der Waals surface area contributed by atoms with Crippen LogP contribution in [0, 0.1) is 5.92 Å². The minimum absolute atomic E-state index is 0.126. The molecule has 2 amide bonds. The van der Waals surface area contributed by atoms with Crippen LogP contribution in [0.3, 0.4) is 0 Å². The number of hydrogen-bond acceptors (Lipinski definition) is 3. The number of hydrogen-bond donors (Lipinski definition) is 0. The first-order valence-electron chi connectivity index (χ1n) is 6.48. The Balaban J connectivity index is 1.59. The first-order valence-corrected chi connectivity index (χ1v) is 6.85. The van der Waals surface area contributed by atoms with Crippen LogP contribution in [-0.4, -0.2) is 47.8 Å². The molecular formula is C13H15ClN2O3. The second kappa shape index (κ2) is 4.89. The molecular weight excluding hydrogens is 268 g/mol. The zero-order valence-electron chi connectivity index (χ0n) is 10.5. The molecule has 5 nitrogen and oxygen atoms in total. The Kier molecular flexibility index (Phi) is 3.22. The predicted octanol–water partition coefficient (Wildman–Crippen LogP) is 1.63. The summed E-state index contributed by atoms with van der Waals surface area (Å²) in [7, 11) is 0. The van der Waals surface area contributed by atoms with Gasteiger partial charge < -0.3 is 14.2 Å². The van der Waals surface area contributed by atoms with Gasteiger partial charge in [-0.3, -0.25) is 9.59 Å². The first kappa shape index (κ1) is 12.5. The standard InChI is InChI=1S/C13H15ClN2O3/c14-11-10(3-8-19-11)13(18)16-6-4-15(5-7-16)12(17)9-1-2-9/h3,8-9H,1-2,4-7H2. The molecule has 1 aliphatic heterocycles. The van der Waals surface area contributed by atoms with Crippen LogP contribution in [0.1, 0.15) is 23.2 Å². The lowest BCUT2D eigenvalue weighted by atomic mass is 10.2. The monoisotopic (exact) mass is 282 g/mol. The molecule has 1 aliphatic carbocycles. The summed E-state index contributed by atoms with van der Waals surface area (Å²) in [5, 5.41) is 0.126. The Hall–Kier alpha value is -1.49. The maximum Gasteiger partial charge on any atom is 0.258 e. The molecule has 0 bridgehead atoms. The van der Waals surface area contributed by atoms with Crippen LogP contribution in [-0.2, 0) is 4.79 Å². The van der Waals surface area contributed by atoms with E-state index in [2.05, 4.69) is 0 Å². The third kappa shape index (κ3) is 2.47. The third-order valence-corrected chi connectivity index (χ3v) is 3.95. The lowest BCUT2D eigenvalue weighted by molar-refractivity contribution is -0.134. The smallest absolute Gasteiger partial charge is 0.258 e. The van der Waals surface area contributed by atoms with Gasteiger partial charge in [0, 0.05) is 32.1 Å². The van der Waals surface area contributed by atoms with E-state index in [1.807, 2.05) is 4.90 Å². The highest BCUT2D eigenvalue weighted by Crippen LogP contribution is 2.31. The van der Waals surface area contributed by atoms with Crippen molar-refractivity contribution >= 4 is 23.4 Å². The summed E-state index contributed by atoms with van der Waals surface area (Å²) in [4.78, 5) is 27.7. The zero-order chi connectivity index (χ0) is 13.4. The van der Waals surface area contributed by atoms with Crippen molar-refractivity contribution < 1.29 is 14.0 Å². The average molecular weight is 283 g/mol. The molecule has 1 aromatic rings. The molecule has 0 unspecified atom stereocenters. The number of rotatable bonds is 2. The summed E-state index contributed by atoms with van der Waals surface area (Å²) < 4.78 is 4.93. The van der Waals surface area contributed by atoms with Crippen molar-refractivity contribution in [3.05, 3.63) is 23.1 Å². The van der Waals surface area contributed by atoms with Crippen molar-refractivity contribution in [2.24, 2.45) is 5.92 Å². The molecule has 1 saturated heterocycles. The van der Waals surface area contributed by atoms with Crippen molar-refractivity contribution in [2.45, 2.75) is 12.8 Å². The summed E-state index contributed by atoms with van der Waals surface area (Å²) in [5.74, 6) is 0.358. The van der Waals surface area contributed by atoms with Crippen molar-refractivity contribution in [3.8, 4) is 0 Å². The fraction of sp³-hybridized carbons (Fsp3) is 0.538. The number of furan rings is 1. The summed E-state index contributed by atoms with van der Waals surface area (Å²) in [5.41, 5.74) is 0.392. The number of piperazine rings is 1. The van der Waals surface area contributed by atoms with Gasteiger partial charge in [-0.15, -0.1) is 0 Å². The topological polar surface area (TPSA) is 53.8 Å². The summed E-state index contributed by atoms with van der Waals surface area (Å²) >= 11 is 5.80. The van der Waals surface area contributed by atoms with E-state index in [-0.39, 0.29) is 23.0 Å². The lowest BCUT2D eigenvalue weighted by Gasteiger charge is -2.34. The van der Waals surface area contributed by atoms with Gasteiger partial charge in [-0.2, -0.15) is 0 Å². The molecule has 0 radical (unpaired) electrons. The maximum atomic E-state index is 12.2. The molecule has 2 aliphatic rings. The molecule has 0 atom stereocenters. The van der Waals surface area contributed by atoms with Gasteiger partial charge in [-0.1, -0.05) is 0 Å². The Morgan fingerprint density at radius 2 is 1.79 bits per heavy atom. The molecule has 1 saturated carbocycles. The van der Waals surface area contributed by atoms with E-state index in [0.29, 0.717) is 31.7 Å². The lowest BCUT2D eigenvalue weighted by Crippen LogP contribution is -2.51.